The summed E-state index contributed by atoms with van der Waals surface area (Å²) in [6.07, 6.45) is 44.7. The minimum atomic E-state index is -4.95. The number of unbranched alkanes of at least 4 members (excludes halogenated alkanes) is 34. The number of esters is 4. The molecule has 89 heavy (non-hydrogen) atoms. The average molecular weight is 1310 g/mol. The molecule has 3 N–H and O–H groups in total. The molecule has 528 valence electrons. The Balaban J connectivity index is 5.22. The van der Waals surface area contributed by atoms with E-state index in [0.717, 1.165) is 108 Å². The first-order chi connectivity index (χ1) is 42.8. The topological polar surface area (TPSA) is 237 Å². The Morgan fingerprint density at radius 1 is 0.326 bits per heavy atom. The van der Waals surface area contributed by atoms with Gasteiger partial charge < -0.3 is 33.8 Å². The minimum Gasteiger partial charge on any atom is -0.462 e. The molecule has 0 aliphatic carbocycles. The van der Waals surface area contributed by atoms with Crippen molar-refractivity contribution in [2.75, 3.05) is 39.6 Å². The molecule has 0 radical (unpaired) electrons. The molecule has 0 aliphatic heterocycles. The molecule has 0 aromatic carbocycles. The molecule has 0 fully saturated rings. The number of aliphatic hydroxyl groups excluding tert-OH is 1. The Morgan fingerprint density at radius 2 is 0.573 bits per heavy atom. The van der Waals surface area contributed by atoms with E-state index in [2.05, 4.69) is 48.5 Å². The van der Waals surface area contributed by atoms with Gasteiger partial charge in [0.15, 0.2) is 12.2 Å². The van der Waals surface area contributed by atoms with Crippen LogP contribution in [-0.2, 0) is 65.4 Å². The van der Waals surface area contributed by atoms with Gasteiger partial charge in [0.2, 0.25) is 0 Å². The summed E-state index contributed by atoms with van der Waals surface area (Å²) < 4.78 is 68.2. The lowest BCUT2D eigenvalue weighted by Crippen LogP contribution is -2.30. The molecular formula is C70H136O17P2. The fourth-order valence-corrected chi connectivity index (χ4v) is 12.1. The summed E-state index contributed by atoms with van der Waals surface area (Å²) in [5, 5.41) is 10.6. The van der Waals surface area contributed by atoms with E-state index in [9.17, 15) is 43.2 Å². The third-order valence-electron chi connectivity index (χ3n) is 16.9. The largest absolute Gasteiger partial charge is 0.472 e. The summed E-state index contributed by atoms with van der Waals surface area (Å²) in [5.74, 6) is 0.0451. The monoisotopic (exact) mass is 1310 g/mol. The predicted octanol–water partition coefficient (Wildman–Crippen LogP) is 19.8. The number of hydrogen-bond donors (Lipinski definition) is 3. The van der Waals surface area contributed by atoms with Crippen molar-refractivity contribution in [3.63, 3.8) is 0 Å². The third-order valence-corrected chi connectivity index (χ3v) is 18.8. The quantitative estimate of drug-likeness (QED) is 0.0222. The molecule has 0 saturated heterocycles. The van der Waals surface area contributed by atoms with Crippen LogP contribution in [-0.4, -0.2) is 96.7 Å². The standard InChI is InChI=1S/C70H136O17P2/c1-8-11-12-13-14-15-16-17-18-19-20-21-22-23-24-29-39-46-53-69(74)86-65(57-80-67(72)51-44-37-28-26-25-27-35-42-49-62(6)9-2)59-84-88(76,77)82-55-64(71)56-83-89(78,79)85-60-66(58-81-68(73)52-45-38-32-30-34-41-48-61(4)5)87-70(75)54-47-40-33-31-36-43-50-63(7)10-3/h61-66,71H,8-60H2,1-7H3,(H,76,77)(H,78,79)/t62?,63?,64-,65-,66-/m1/s1. The van der Waals surface area contributed by atoms with Crippen molar-refractivity contribution >= 4 is 39.5 Å². The number of aliphatic hydroxyl groups is 1. The van der Waals surface area contributed by atoms with Gasteiger partial charge in [-0.3, -0.25) is 37.3 Å². The van der Waals surface area contributed by atoms with Crippen LogP contribution in [0.5, 0.6) is 0 Å². The van der Waals surface area contributed by atoms with Gasteiger partial charge in [0.25, 0.3) is 0 Å². The van der Waals surface area contributed by atoms with Crippen molar-refractivity contribution in [3.8, 4) is 0 Å². The molecule has 0 aromatic rings. The van der Waals surface area contributed by atoms with Crippen molar-refractivity contribution in [2.45, 2.75) is 369 Å². The zero-order valence-corrected chi connectivity index (χ0v) is 59.7. The second-order valence-electron chi connectivity index (χ2n) is 26.2. The van der Waals surface area contributed by atoms with Crippen molar-refractivity contribution < 1.29 is 80.2 Å². The average Bonchev–Trinajstić information content (AvgIpc) is 3.56. The molecule has 0 aromatic heterocycles. The molecule has 0 heterocycles. The molecule has 0 bridgehead atoms. The van der Waals surface area contributed by atoms with Gasteiger partial charge in [0.1, 0.15) is 19.3 Å². The SMILES string of the molecule is CCCCCCCCCCCCCCCCCCCCC(=O)O[C@H](COC(=O)CCCCCCCCCCC(C)CC)COP(=O)(O)OC[C@@H](O)COP(=O)(O)OC[C@@H](COC(=O)CCCCCCCCC(C)C)OC(=O)CCCCCCCCC(C)CC. The van der Waals surface area contributed by atoms with Crippen LogP contribution in [0.15, 0.2) is 0 Å². The predicted molar refractivity (Wildman–Crippen MR) is 358 cm³/mol. The van der Waals surface area contributed by atoms with E-state index in [1.54, 1.807) is 0 Å². The maximum absolute atomic E-state index is 13.0. The lowest BCUT2D eigenvalue weighted by atomic mass is 9.99. The Hall–Kier alpha value is -1.94. The maximum atomic E-state index is 13.0. The molecular weight excluding hydrogens is 1170 g/mol. The first kappa shape index (κ1) is 87.1. The Kier molecular flexibility index (Phi) is 59.6. The van der Waals surface area contributed by atoms with Crippen molar-refractivity contribution in [2.24, 2.45) is 17.8 Å². The smallest absolute Gasteiger partial charge is 0.462 e. The summed E-state index contributed by atoms with van der Waals surface area (Å²) in [6, 6.07) is 0. The van der Waals surface area contributed by atoms with Crippen LogP contribution in [0.2, 0.25) is 0 Å². The van der Waals surface area contributed by atoms with Crippen LogP contribution in [0, 0.1) is 17.8 Å². The molecule has 0 amide bonds. The molecule has 0 aliphatic rings. The Labute approximate surface area is 543 Å². The molecule has 17 nitrogen and oxygen atoms in total. The van der Waals surface area contributed by atoms with Gasteiger partial charge in [-0.05, 0) is 43.4 Å². The van der Waals surface area contributed by atoms with Crippen LogP contribution in [0.4, 0.5) is 0 Å². The minimum absolute atomic E-state index is 0.102. The van der Waals surface area contributed by atoms with E-state index in [-0.39, 0.29) is 25.7 Å². The van der Waals surface area contributed by atoms with Gasteiger partial charge in [-0.2, -0.15) is 0 Å². The van der Waals surface area contributed by atoms with Crippen LogP contribution in [0.3, 0.4) is 0 Å². The van der Waals surface area contributed by atoms with E-state index in [0.29, 0.717) is 31.6 Å². The highest BCUT2D eigenvalue weighted by molar-refractivity contribution is 7.47. The molecule has 0 saturated carbocycles. The fraction of sp³-hybridized carbons (Fsp3) is 0.943. The fourth-order valence-electron chi connectivity index (χ4n) is 10.5. The first-order valence-electron chi connectivity index (χ1n) is 36.4. The molecule has 7 atom stereocenters. The highest BCUT2D eigenvalue weighted by Crippen LogP contribution is 2.45. The summed E-state index contributed by atoms with van der Waals surface area (Å²) >= 11 is 0. The second-order valence-corrected chi connectivity index (χ2v) is 29.1. The lowest BCUT2D eigenvalue weighted by Gasteiger charge is -2.21. The van der Waals surface area contributed by atoms with Crippen molar-refractivity contribution in [1.82, 2.24) is 0 Å². The van der Waals surface area contributed by atoms with Crippen LogP contribution >= 0.6 is 15.6 Å². The van der Waals surface area contributed by atoms with Gasteiger partial charge in [-0.25, -0.2) is 9.13 Å². The van der Waals surface area contributed by atoms with E-state index in [4.69, 9.17) is 37.0 Å². The van der Waals surface area contributed by atoms with Crippen LogP contribution in [0.1, 0.15) is 350 Å². The zero-order valence-electron chi connectivity index (χ0n) is 57.9. The first-order valence-corrected chi connectivity index (χ1v) is 39.4. The number of hydrogen-bond acceptors (Lipinski definition) is 15. The third kappa shape index (κ3) is 62.0. The Morgan fingerprint density at radius 3 is 0.854 bits per heavy atom. The van der Waals surface area contributed by atoms with E-state index >= 15 is 0 Å². The number of phosphoric acid groups is 2. The maximum Gasteiger partial charge on any atom is 0.472 e. The molecule has 0 spiro atoms. The van der Waals surface area contributed by atoms with E-state index in [1.807, 2.05) is 0 Å². The Bertz CT molecular complexity index is 1750. The summed E-state index contributed by atoms with van der Waals surface area (Å²) in [4.78, 5) is 72.5. The van der Waals surface area contributed by atoms with Gasteiger partial charge in [-0.15, -0.1) is 0 Å². The van der Waals surface area contributed by atoms with Gasteiger partial charge >= 0.3 is 39.5 Å². The number of ether oxygens (including phenoxy) is 4. The normalized spacial score (nSPS) is 14.8. The van der Waals surface area contributed by atoms with E-state index in [1.165, 1.54) is 154 Å². The van der Waals surface area contributed by atoms with Gasteiger partial charge in [0, 0.05) is 25.7 Å². The van der Waals surface area contributed by atoms with Crippen molar-refractivity contribution in [1.29, 1.82) is 0 Å². The zero-order chi connectivity index (χ0) is 65.9. The van der Waals surface area contributed by atoms with Crippen LogP contribution < -0.4 is 0 Å². The summed E-state index contributed by atoms with van der Waals surface area (Å²) in [6.45, 7) is 11.7. The second kappa shape index (κ2) is 61.0. The number of carbonyl (C=O) groups is 4. The van der Waals surface area contributed by atoms with Crippen LogP contribution in [0.25, 0.3) is 0 Å². The van der Waals surface area contributed by atoms with Gasteiger partial charge in [-0.1, -0.05) is 299 Å². The van der Waals surface area contributed by atoms with E-state index < -0.39 is 97.5 Å². The number of phosphoric ester groups is 2. The van der Waals surface area contributed by atoms with Crippen molar-refractivity contribution in [3.05, 3.63) is 0 Å². The number of rotatable bonds is 68. The van der Waals surface area contributed by atoms with Gasteiger partial charge in [0.05, 0.1) is 26.4 Å². The summed E-state index contributed by atoms with van der Waals surface area (Å²) in [5.41, 5.74) is 0. The highest BCUT2D eigenvalue weighted by Gasteiger charge is 2.30. The molecule has 4 unspecified atom stereocenters. The highest BCUT2D eigenvalue weighted by atomic mass is 31.2. The summed E-state index contributed by atoms with van der Waals surface area (Å²) in [7, 11) is -9.90. The number of carbonyl (C=O) groups excluding carboxylic acids is 4. The molecule has 0 rings (SSSR count). The molecule has 19 heteroatoms. The lowest BCUT2D eigenvalue weighted by molar-refractivity contribution is -0.161.